The number of hydrogen-bond donors (Lipinski definition) is 1. The third kappa shape index (κ3) is 3.81. The molecule has 2 unspecified atom stereocenters. The molecule has 0 amide bonds. The van der Waals surface area contributed by atoms with E-state index >= 15 is 0 Å². The number of nitrogens with one attached hydrogen (secondary N) is 1. The normalized spacial score (nSPS) is 19.7. The maximum absolute atomic E-state index is 5.57. The molecular formula is C16H22N2OS. The number of benzene rings is 1. The van der Waals surface area contributed by atoms with E-state index in [4.69, 9.17) is 17.0 Å². The van der Waals surface area contributed by atoms with Gasteiger partial charge in [0.25, 0.3) is 0 Å². The quantitative estimate of drug-likeness (QED) is 0.681. The van der Waals surface area contributed by atoms with Crippen molar-refractivity contribution in [1.82, 2.24) is 10.2 Å². The molecule has 2 atom stereocenters. The highest BCUT2D eigenvalue weighted by Crippen LogP contribution is 2.15. The number of nitrogens with zero attached hydrogens (tertiary/aromatic N) is 1. The van der Waals surface area contributed by atoms with Crippen LogP contribution in [-0.2, 0) is 4.74 Å². The predicted molar refractivity (Wildman–Crippen MR) is 86.7 cm³/mol. The lowest BCUT2D eigenvalue weighted by atomic mass is 10.1. The zero-order chi connectivity index (χ0) is 14.4. The Hall–Kier alpha value is -1.39. The van der Waals surface area contributed by atoms with Gasteiger partial charge in [-0.25, -0.2) is 0 Å². The molecule has 0 saturated carbocycles. The van der Waals surface area contributed by atoms with Crippen LogP contribution < -0.4 is 5.32 Å². The van der Waals surface area contributed by atoms with Crippen LogP contribution in [-0.4, -0.2) is 36.3 Å². The Morgan fingerprint density at radius 1 is 1.45 bits per heavy atom. The predicted octanol–water partition coefficient (Wildman–Crippen LogP) is 2.90. The van der Waals surface area contributed by atoms with Crippen molar-refractivity contribution in [2.75, 3.05) is 20.3 Å². The van der Waals surface area contributed by atoms with E-state index in [1.54, 1.807) is 7.11 Å². The first-order chi connectivity index (χ1) is 9.72. The molecule has 1 aromatic rings. The maximum atomic E-state index is 5.57. The third-order valence-electron chi connectivity index (χ3n) is 3.53. The van der Waals surface area contributed by atoms with Crippen molar-refractivity contribution in [3.8, 4) is 0 Å². The van der Waals surface area contributed by atoms with Crippen LogP contribution in [0.25, 0.3) is 0 Å². The fourth-order valence-corrected chi connectivity index (χ4v) is 2.80. The number of methoxy groups -OCH3 is 1. The Morgan fingerprint density at radius 3 is 2.90 bits per heavy atom. The lowest BCUT2D eigenvalue weighted by Crippen LogP contribution is -2.49. The lowest BCUT2D eigenvalue weighted by molar-refractivity contribution is 0.144. The average Bonchev–Trinajstić information content (AvgIpc) is 2.49. The summed E-state index contributed by atoms with van der Waals surface area (Å²) in [5, 5.41) is 4.22. The molecule has 1 aliphatic rings. The minimum absolute atomic E-state index is 0.206. The molecule has 2 rings (SSSR count). The van der Waals surface area contributed by atoms with E-state index in [0.717, 1.165) is 18.1 Å². The molecule has 108 valence electrons. The number of thiocarbonyl (C=S) groups is 1. The van der Waals surface area contributed by atoms with Gasteiger partial charge in [0.2, 0.25) is 0 Å². The second-order valence-electron chi connectivity index (χ2n) is 5.01. The monoisotopic (exact) mass is 290 g/mol. The van der Waals surface area contributed by atoms with Crippen LogP contribution in [0, 0.1) is 0 Å². The fourth-order valence-electron chi connectivity index (χ4n) is 2.40. The Bertz CT molecular complexity index is 461. The van der Waals surface area contributed by atoms with Gasteiger partial charge in [-0.3, -0.25) is 0 Å². The van der Waals surface area contributed by atoms with Gasteiger partial charge in [-0.1, -0.05) is 42.5 Å². The summed E-state index contributed by atoms with van der Waals surface area (Å²) in [6.45, 7) is 3.74. The number of ether oxygens (including phenoxy) is 1. The summed E-state index contributed by atoms with van der Waals surface area (Å²) < 4.78 is 5.27. The second kappa shape index (κ2) is 7.41. The van der Waals surface area contributed by atoms with Crippen molar-refractivity contribution >= 4 is 17.3 Å². The van der Waals surface area contributed by atoms with Gasteiger partial charge in [-0.15, -0.1) is 0 Å². The number of rotatable bonds is 4. The molecule has 0 radical (unpaired) electrons. The first kappa shape index (κ1) is 15.0. The molecule has 0 fully saturated rings. The van der Waals surface area contributed by atoms with Gasteiger partial charge in [-0.2, -0.15) is 0 Å². The molecule has 4 heteroatoms. The number of hydrogen-bond acceptors (Lipinski definition) is 2. The highest BCUT2D eigenvalue weighted by molar-refractivity contribution is 7.80. The molecule has 0 spiro atoms. The van der Waals surface area contributed by atoms with Gasteiger partial charge >= 0.3 is 0 Å². The van der Waals surface area contributed by atoms with Gasteiger partial charge in [0, 0.05) is 13.7 Å². The van der Waals surface area contributed by atoms with Crippen molar-refractivity contribution in [2.24, 2.45) is 0 Å². The molecule has 1 aromatic carbocycles. The first-order valence-corrected chi connectivity index (χ1v) is 7.41. The summed E-state index contributed by atoms with van der Waals surface area (Å²) in [6.07, 6.45) is 5.40. The molecule has 20 heavy (non-hydrogen) atoms. The average molecular weight is 290 g/mol. The van der Waals surface area contributed by atoms with E-state index in [9.17, 15) is 0 Å². The van der Waals surface area contributed by atoms with Gasteiger partial charge in [0.05, 0.1) is 18.7 Å². The Balaban J connectivity index is 1.98. The molecule has 1 N–H and O–H groups in total. The van der Waals surface area contributed by atoms with Crippen molar-refractivity contribution < 1.29 is 4.74 Å². The van der Waals surface area contributed by atoms with Crippen molar-refractivity contribution in [3.05, 3.63) is 48.0 Å². The minimum Gasteiger partial charge on any atom is -0.382 e. The molecule has 0 bridgehead atoms. The van der Waals surface area contributed by atoms with Gasteiger partial charge in [0.15, 0.2) is 5.11 Å². The van der Waals surface area contributed by atoms with E-state index in [1.807, 2.05) is 18.2 Å². The maximum Gasteiger partial charge on any atom is 0.169 e. The van der Waals surface area contributed by atoms with E-state index in [-0.39, 0.29) is 12.1 Å². The summed E-state index contributed by atoms with van der Waals surface area (Å²) in [5.74, 6) is 0. The van der Waals surface area contributed by atoms with Gasteiger partial charge in [0.1, 0.15) is 0 Å². The van der Waals surface area contributed by atoms with Crippen molar-refractivity contribution in [1.29, 1.82) is 0 Å². The zero-order valence-corrected chi connectivity index (χ0v) is 12.9. The fraction of sp³-hybridized carbons (Fsp3) is 0.438. The highest BCUT2D eigenvalue weighted by Gasteiger charge is 2.22. The summed E-state index contributed by atoms with van der Waals surface area (Å²) in [4.78, 5) is 2.21. The Labute approximate surface area is 126 Å². The lowest BCUT2D eigenvalue weighted by Gasteiger charge is -2.35. The molecule has 3 nitrogen and oxygen atoms in total. The van der Waals surface area contributed by atoms with Gasteiger partial charge in [-0.05, 0) is 31.1 Å². The Morgan fingerprint density at radius 2 is 2.20 bits per heavy atom. The molecule has 0 aliphatic carbocycles. The minimum atomic E-state index is 0.206. The van der Waals surface area contributed by atoms with E-state index in [2.05, 4.69) is 41.4 Å². The molecule has 1 aliphatic heterocycles. The molecule has 0 aromatic heterocycles. The van der Waals surface area contributed by atoms with Crippen molar-refractivity contribution in [3.63, 3.8) is 0 Å². The van der Waals surface area contributed by atoms with Crippen LogP contribution in [0.3, 0.4) is 0 Å². The standard InChI is InChI=1S/C16H22N2OS/c1-13(14-8-4-3-5-9-14)17-16(20)18-11-7-6-10-15(18)12-19-2/h3-6,8-10,13,15H,7,11-12H2,1-2H3,(H,17,20). The largest absolute Gasteiger partial charge is 0.382 e. The summed E-state index contributed by atoms with van der Waals surface area (Å²) >= 11 is 5.57. The summed E-state index contributed by atoms with van der Waals surface area (Å²) in [5.41, 5.74) is 1.24. The Kier molecular flexibility index (Phi) is 5.56. The molecule has 0 saturated heterocycles. The van der Waals surface area contributed by atoms with Crippen LogP contribution in [0.4, 0.5) is 0 Å². The van der Waals surface area contributed by atoms with Gasteiger partial charge < -0.3 is 15.0 Å². The van der Waals surface area contributed by atoms with E-state index < -0.39 is 0 Å². The summed E-state index contributed by atoms with van der Waals surface area (Å²) in [7, 11) is 1.73. The van der Waals surface area contributed by atoms with E-state index in [0.29, 0.717) is 6.61 Å². The second-order valence-corrected chi connectivity index (χ2v) is 5.40. The van der Waals surface area contributed by atoms with Crippen LogP contribution in [0.5, 0.6) is 0 Å². The van der Waals surface area contributed by atoms with E-state index in [1.165, 1.54) is 5.56 Å². The van der Waals surface area contributed by atoms with Crippen LogP contribution in [0.15, 0.2) is 42.5 Å². The highest BCUT2D eigenvalue weighted by atomic mass is 32.1. The summed E-state index contributed by atoms with van der Waals surface area (Å²) in [6, 6.07) is 10.8. The SMILES string of the molecule is COCC1C=CCCN1C(=S)NC(C)c1ccccc1. The smallest absolute Gasteiger partial charge is 0.169 e. The van der Waals surface area contributed by atoms with Crippen LogP contribution >= 0.6 is 12.2 Å². The van der Waals surface area contributed by atoms with Crippen LogP contribution in [0.1, 0.15) is 24.9 Å². The molecule has 1 heterocycles. The third-order valence-corrected chi connectivity index (χ3v) is 3.89. The van der Waals surface area contributed by atoms with Crippen molar-refractivity contribution in [2.45, 2.75) is 25.4 Å². The zero-order valence-electron chi connectivity index (χ0n) is 12.1. The van der Waals surface area contributed by atoms with Crippen LogP contribution in [0.2, 0.25) is 0 Å². The first-order valence-electron chi connectivity index (χ1n) is 7.00. The molecular weight excluding hydrogens is 268 g/mol. The topological polar surface area (TPSA) is 24.5 Å².